The highest BCUT2D eigenvalue weighted by atomic mass is 16.5. The maximum absolute atomic E-state index is 5.48. The zero-order valence-corrected chi connectivity index (χ0v) is 18.7. The minimum atomic E-state index is 0. The van der Waals surface area contributed by atoms with E-state index in [0.29, 0.717) is 6.04 Å². The lowest BCUT2D eigenvalue weighted by molar-refractivity contribution is 0.263. The number of imidazole rings is 1. The third-order valence-electron chi connectivity index (χ3n) is 6.27. The lowest BCUT2D eigenvalue weighted by Crippen LogP contribution is -2.36. The summed E-state index contributed by atoms with van der Waals surface area (Å²) < 4.78 is 10.9. The number of rotatable bonds is 4. The van der Waals surface area contributed by atoms with Gasteiger partial charge in [0.25, 0.3) is 0 Å². The van der Waals surface area contributed by atoms with Gasteiger partial charge in [-0.15, -0.1) is 0 Å². The molecule has 0 spiro atoms. The third kappa shape index (κ3) is 3.79. The van der Waals surface area contributed by atoms with E-state index in [1.165, 1.54) is 0 Å². The molecule has 1 aliphatic rings. The molecule has 0 unspecified atom stereocenters. The number of nitrogens with one attached hydrogen (secondary N) is 2. The molecule has 4 heterocycles. The molecule has 2 N–H and O–H groups in total. The van der Waals surface area contributed by atoms with E-state index in [-0.39, 0.29) is 7.43 Å². The van der Waals surface area contributed by atoms with Crippen molar-refractivity contribution in [2.75, 3.05) is 25.5 Å². The molecule has 8 nitrogen and oxygen atoms in total. The van der Waals surface area contributed by atoms with Crippen molar-refractivity contribution in [1.82, 2.24) is 25.2 Å². The normalized spacial score (nSPS) is 15.3. The van der Waals surface area contributed by atoms with Crippen molar-refractivity contribution in [3.05, 3.63) is 35.0 Å². The molecule has 32 heavy (non-hydrogen) atoms. The van der Waals surface area contributed by atoms with Crippen molar-refractivity contribution in [2.24, 2.45) is 0 Å². The molecule has 170 valence electrons. The third-order valence-corrected chi connectivity index (χ3v) is 6.27. The molecule has 1 aliphatic heterocycles. The van der Waals surface area contributed by atoms with Crippen LogP contribution in [0.2, 0.25) is 0 Å². The molecule has 0 bridgehead atoms. The smallest absolute Gasteiger partial charge is 0.201 e. The number of likely N-dealkylation sites (tertiary alicyclic amines) is 1. The predicted molar refractivity (Wildman–Crippen MR) is 127 cm³/mol. The van der Waals surface area contributed by atoms with E-state index in [9.17, 15) is 0 Å². The molecule has 0 radical (unpaired) electrons. The topological polar surface area (TPSA) is 96.0 Å². The van der Waals surface area contributed by atoms with Crippen LogP contribution in [0.25, 0.3) is 33.3 Å². The fourth-order valence-corrected chi connectivity index (χ4v) is 4.63. The average molecular weight is 437 g/mol. The second-order valence-electron chi connectivity index (χ2n) is 8.63. The maximum Gasteiger partial charge on any atom is 0.201 e. The minimum Gasteiger partial charge on any atom is -0.361 e. The van der Waals surface area contributed by atoms with E-state index in [2.05, 4.69) is 44.7 Å². The molecule has 0 aliphatic carbocycles. The lowest BCUT2D eigenvalue weighted by Gasteiger charge is -2.29. The number of hydrogen-bond donors (Lipinski definition) is 2. The lowest BCUT2D eigenvalue weighted by atomic mass is 9.96. The van der Waals surface area contributed by atoms with E-state index in [1.807, 2.05) is 27.7 Å². The van der Waals surface area contributed by atoms with Gasteiger partial charge in [-0.1, -0.05) is 17.7 Å². The van der Waals surface area contributed by atoms with Crippen LogP contribution in [0.3, 0.4) is 0 Å². The number of hydrogen-bond acceptors (Lipinski definition) is 7. The van der Waals surface area contributed by atoms with E-state index in [0.717, 1.165) is 88.1 Å². The number of aromatic amines is 1. The summed E-state index contributed by atoms with van der Waals surface area (Å²) in [5.74, 6) is 2.38. The molecular weight excluding hydrogens is 404 g/mol. The van der Waals surface area contributed by atoms with Crippen LogP contribution in [0.1, 0.15) is 43.2 Å². The minimum absolute atomic E-state index is 0. The van der Waals surface area contributed by atoms with Gasteiger partial charge in [-0.25, -0.2) is 4.98 Å². The fraction of sp³-hybridized carbons (Fsp3) is 0.458. The molecule has 1 saturated heterocycles. The molecule has 4 aromatic rings. The van der Waals surface area contributed by atoms with Gasteiger partial charge in [-0.3, -0.25) is 0 Å². The van der Waals surface area contributed by atoms with E-state index >= 15 is 0 Å². The first-order valence-corrected chi connectivity index (χ1v) is 10.8. The van der Waals surface area contributed by atoms with Gasteiger partial charge in [0.05, 0.1) is 22.4 Å². The van der Waals surface area contributed by atoms with E-state index in [4.69, 9.17) is 14.0 Å². The Morgan fingerprint density at radius 2 is 1.59 bits per heavy atom. The summed E-state index contributed by atoms with van der Waals surface area (Å²) in [5, 5.41) is 11.9. The Morgan fingerprint density at radius 3 is 2.19 bits per heavy atom. The van der Waals surface area contributed by atoms with Crippen LogP contribution < -0.4 is 5.32 Å². The summed E-state index contributed by atoms with van der Waals surface area (Å²) in [6, 6.07) is 4.68. The first-order valence-electron chi connectivity index (χ1n) is 10.8. The van der Waals surface area contributed by atoms with Crippen molar-refractivity contribution in [3.63, 3.8) is 0 Å². The molecule has 0 atom stereocenters. The van der Waals surface area contributed by atoms with Crippen LogP contribution in [-0.2, 0) is 0 Å². The second kappa shape index (κ2) is 8.43. The molecule has 8 heteroatoms. The molecule has 1 fully saturated rings. The summed E-state index contributed by atoms with van der Waals surface area (Å²) in [6.45, 7) is 10.00. The van der Waals surface area contributed by atoms with Gasteiger partial charge in [0.15, 0.2) is 0 Å². The summed E-state index contributed by atoms with van der Waals surface area (Å²) in [5.41, 5.74) is 7.60. The number of benzene rings is 1. The Hall–Kier alpha value is -3.13. The Kier molecular flexibility index (Phi) is 5.81. The van der Waals surface area contributed by atoms with Crippen LogP contribution >= 0.6 is 0 Å². The van der Waals surface area contributed by atoms with Crippen LogP contribution in [-0.4, -0.2) is 51.4 Å². The summed E-state index contributed by atoms with van der Waals surface area (Å²) in [4.78, 5) is 10.8. The van der Waals surface area contributed by atoms with Crippen molar-refractivity contribution in [1.29, 1.82) is 0 Å². The fourth-order valence-electron chi connectivity index (χ4n) is 4.63. The highest BCUT2D eigenvalue weighted by Gasteiger charge is 2.22. The Balaban J connectivity index is 0.00000245. The zero-order chi connectivity index (χ0) is 21.7. The van der Waals surface area contributed by atoms with Gasteiger partial charge in [-0.2, -0.15) is 0 Å². The van der Waals surface area contributed by atoms with Gasteiger partial charge in [-0.05, 0) is 78.4 Å². The highest BCUT2D eigenvalue weighted by molar-refractivity contribution is 5.98. The summed E-state index contributed by atoms with van der Waals surface area (Å²) in [7, 11) is 2.17. The standard InChI is InChI=1S/C23H28N6O2.CH4/c1-12-20(14(3)30-27-12)16-10-18(21-13(2)28-31-15(21)4)22-19(11-16)25-23(26-22)24-17-6-8-29(5)9-7-17;/h10-11,17H,6-9H2,1-5H3,(H2,24,25,26);1H4. The average Bonchev–Trinajstić information content (AvgIpc) is 3.40. The zero-order valence-electron chi connectivity index (χ0n) is 18.7. The monoisotopic (exact) mass is 436 g/mol. The number of aromatic nitrogens is 4. The van der Waals surface area contributed by atoms with E-state index in [1.54, 1.807) is 0 Å². The Morgan fingerprint density at radius 1 is 0.969 bits per heavy atom. The molecule has 1 aromatic carbocycles. The van der Waals surface area contributed by atoms with Gasteiger partial charge < -0.3 is 24.2 Å². The van der Waals surface area contributed by atoms with Crippen molar-refractivity contribution < 1.29 is 9.05 Å². The Bertz CT molecular complexity index is 1200. The van der Waals surface area contributed by atoms with Crippen molar-refractivity contribution >= 4 is 17.0 Å². The maximum atomic E-state index is 5.48. The first-order chi connectivity index (χ1) is 14.9. The molecule has 5 rings (SSSR count). The van der Waals surface area contributed by atoms with Crippen LogP contribution in [0.5, 0.6) is 0 Å². The largest absolute Gasteiger partial charge is 0.361 e. The molecule has 3 aromatic heterocycles. The summed E-state index contributed by atoms with van der Waals surface area (Å²) in [6.07, 6.45) is 2.21. The van der Waals surface area contributed by atoms with Crippen LogP contribution in [0.15, 0.2) is 21.2 Å². The van der Waals surface area contributed by atoms with Gasteiger partial charge >= 0.3 is 0 Å². The SMILES string of the molecule is C.Cc1noc(C)c1-c1cc(-c2c(C)noc2C)c2nc(NC3CCN(C)CC3)[nH]c2c1. The number of nitrogens with zero attached hydrogens (tertiary/aromatic N) is 4. The van der Waals surface area contributed by atoms with Crippen LogP contribution in [0.4, 0.5) is 5.95 Å². The molecule has 0 saturated carbocycles. The molecule has 0 amide bonds. The number of H-pyrrole nitrogens is 1. The summed E-state index contributed by atoms with van der Waals surface area (Å²) >= 11 is 0. The first kappa shape index (κ1) is 22.1. The van der Waals surface area contributed by atoms with Crippen molar-refractivity contribution in [2.45, 2.75) is 54.0 Å². The number of anilines is 1. The van der Waals surface area contributed by atoms with E-state index < -0.39 is 0 Å². The predicted octanol–water partition coefficient (Wildman–Crippen LogP) is 5.25. The second-order valence-corrected chi connectivity index (χ2v) is 8.63. The molecular formula is C24H32N6O2. The Labute approximate surface area is 188 Å². The number of piperidine rings is 1. The quantitative estimate of drug-likeness (QED) is 0.451. The van der Waals surface area contributed by atoms with Crippen molar-refractivity contribution in [3.8, 4) is 22.3 Å². The van der Waals surface area contributed by atoms with Gasteiger partial charge in [0.1, 0.15) is 11.5 Å². The van der Waals surface area contributed by atoms with Crippen LogP contribution in [0, 0.1) is 27.7 Å². The highest BCUT2D eigenvalue weighted by Crippen LogP contribution is 2.38. The van der Waals surface area contributed by atoms with Gasteiger partial charge in [0, 0.05) is 22.7 Å². The number of aryl methyl sites for hydroxylation is 4. The number of fused-ring (bicyclic) bond motifs is 1. The van der Waals surface area contributed by atoms with Gasteiger partial charge in [0.2, 0.25) is 5.95 Å².